The second-order valence-corrected chi connectivity index (χ2v) is 4.86. The molecule has 1 aromatic heterocycles. The average Bonchev–Trinajstić information content (AvgIpc) is 2.49. The first-order valence-electron chi connectivity index (χ1n) is 7.04. The van der Waals surface area contributed by atoms with Gasteiger partial charge in [-0.05, 0) is 42.5 Å². The highest BCUT2D eigenvalue weighted by Crippen LogP contribution is 2.24. The summed E-state index contributed by atoms with van der Waals surface area (Å²) in [6, 6.07) is 6.44. The molecule has 0 aliphatic heterocycles. The number of fused-ring (bicyclic) bond motifs is 1. The monoisotopic (exact) mass is 290 g/mol. The molecular weight excluding hydrogens is 271 g/mol. The van der Waals surface area contributed by atoms with Gasteiger partial charge in [0.1, 0.15) is 18.2 Å². The van der Waals surface area contributed by atoms with Gasteiger partial charge in [0, 0.05) is 11.1 Å². The van der Waals surface area contributed by atoms with Gasteiger partial charge in [0.15, 0.2) is 0 Å². The van der Waals surface area contributed by atoms with Crippen LogP contribution in [0.4, 0.5) is 10.2 Å². The second kappa shape index (κ2) is 7.02. The van der Waals surface area contributed by atoms with Crippen molar-refractivity contribution in [2.45, 2.75) is 26.2 Å². The van der Waals surface area contributed by atoms with E-state index in [4.69, 9.17) is 0 Å². The number of hydrogen-bond acceptors (Lipinski definition) is 4. The zero-order chi connectivity index (χ0) is 15.2. The van der Waals surface area contributed by atoms with Gasteiger partial charge in [-0.1, -0.05) is 13.3 Å². The Bertz CT molecular complexity index is 643. The molecule has 2 aromatic rings. The summed E-state index contributed by atoms with van der Waals surface area (Å²) < 4.78 is 18.0. The van der Waals surface area contributed by atoms with E-state index in [0.717, 1.165) is 35.7 Å². The van der Waals surface area contributed by atoms with Crippen LogP contribution in [-0.2, 0) is 16.0 Å². The van der Waals surface area contributed by atoms with Crippen molar-refractivity contribution >= 4 is 22.6 Å². The van der Waals surface area contributed by atoms with Crippen molar-refractivity contribution in [3.63, 3.8) is 0 Å². The van der Waals surface area contributed by atoms with Crippen molar-refractivity contribution in [2.24, 2.45) is 0 Å². The number of rotatable bonds is 6. The van der Waals surface area contributed by atoms with Crippen molar-refractivity contribution < 1.29 is 13.9 Å². The quantitative estimate of drug-likeness (QED) is 0.829. The summed E-state index contributed by atoms with van der Waals surface area (Å²) in [5, 5.41) is 4.54. The number of aryl methyl sites for hydroxylation is 1. The van der Waals surface area contributed by atoms with Crippen molar-refractivity contribution in [1.29, 1.82) is 0 Å². The standard InChI is InChI=1S/C16H19FN2O2/c1-3-4-5-13-9-11-8-12(17)6-7-14(11)16(19-13)18-10-15(20)21-2/h6-9H,3-5,10H2,1-2H3,(H,18,19). The highest BCUT2D eigenvalue weighted by atomic mass is 19.1. The van der Waals surface area contributed by atoms with E-state index in [1.807, 2.05) is 6.07 Å². The molecule has 5 heteroatoms. The maximum absolute atomic E-state index is 13.4. The van der Waals surface area contributed by atoms with Gasteiger partial charge >= 0.3 is 5.97 Å². The molecule has 0 atom stereocenters. The fraction of sp³-hybridized carbons (Fsp3) is 0.375. The number of hydrogen-bond donors (Lipinski definition) is 1. The number of benzene rings is 1. The van der Waals surface area contributed by atoms with E-state index in [0.29, 0.717) is 5.82 Å². The van der Waals surface area contributed by atoms with E-state index in [2.05, 4.69) is 22.0 Å². The van der Waals surface area contributed by atoms with Crippen LogP contribution in [0, 0.1) is 5.82 Å². The van der Waals surface area contributed by atoms with Gasteiger partial charge in [-0.2, -0.15) is 0 Å². The maximum atomic E-state index is 13.4. The Morgan fingerprint density at radius 3 is 2.90 bits per heavy atom. The number of anilines is 1. The molecule has 0 saturated carbocycles. The normalized spacial score (nSPS) is 10.6. The Kier molecular flexibility index (Phi) is 5.09. The number of carbonyl (C=O) groups excluding carboxylic acids is 1. The van der Waals surface area contributed by atoms with Gasteiger partial charge in [0.25, 0.3) is 0 Å². The molecule has 0 amide bonds. The number of esters is 1. The first-order chi connectivity index (χ1) is 10.1. The largest absolute Gasteiger partial charge is 0.468 e. The van der Waals surface area contributed by atoms with Crippen LogP contribution in [0.3, 0.4) is 0 Å². The van der Waals surface area contributed by atoms with Crippen LogP contribution < -0.4 is 5.32 Å². The number of aromatic nitrogens is 1. The topological polar surface area (TPSA) is 51.2 Å². The summed E-state index contributed by atoms with van der Waals surface area (Å²) in [5.74, 6) is -0.0657. The molecule has 1 heterocycles. The summed E-state index contributed by atoms with van der Waals surface area (Å²) in [6.45, 7) is 2.14. The van der Waals surface area contributed by atoms with Crippen LogP contribution in [-0.4, -0.2) is 24.6 Å². The minimum absolute atomic E-state index is 0.0349. The van der Waals surface area contributed by atoms with Gasteiger partial charge in [0.2, 0.25) is 0 Å². The Balaban J connectivity index is 2.36. The zero-order valence-corrected chi connectivity index (χ0v) is 12.3. The third-order valence-electron chi connectivity index (χ3n) is 3.26. The molecule has 1 N–H and O–H groups in total. The van der Waals surface area contributed by atoms with E-state index in [9.17, 15) is 9.18 Å². The number of unbranched alkanes of at least 4 members (excludes halogenated alkanes) is 1. The predicted octanol–water partition coefficient (Wildman–Crippen LogP) is 3.30. The number of methoxy groups -OCH3 is 1. The second-order valence-electron chi connectivity index (χ2n) is 4.86. The zero-order valence-electron chi connectivity index (χ0n) is 12.3. The third-order valence-corrected chi connectivity index (χ3v) is 3.26. The van der Waals surface area contributed by atoms with Crippen LogP contribution in [0.15, 0.2) is 24.3 Å². The van der Waals surface area contributed by atoms with Crippen LogP contribution in [0.25, 0.3) is 10.8 Å². The van der Waals surface area contributed by atoms with Crippen molar-refractivity contribution in [3.8, 4) is 0 Å². The number of carbonyl (C=O) groups is 1. The number of nitrogens with one attached hydrogen (secondary N) is 1. The van der Waals surface area contributed by atoms with Crippen LogP contribution in [0.2, 0.25) is 0 Å². The van der Waals surface area contributed by atoms with E-state index >= 15 is 0 Å². The molecule has 0 saturated heterocycles. The number of halogens is 1. The fourth-order valence-corrected chi connectivity index (χ4v) is 2.13. The molecule has 0 spiro atoms. The van der Waals surface area contributed by atoms with E-state index in [1.54, 1.807) is 6.07 Å². The summed E-state index contributed by atoms with van der Waals surface area (Å²) in [4.78, 5) is 15.8. The lowest BCUT2D eigenvalue weighted by atomic mass is 10.1. The highest BCUT2D eigenvalue weighted by molar-refractivity contribution is 5.93. The minimum atomic E-state index is -0.369. The highest BCUT2D eigenvalue weighted by Gasteiger charge is 2.09. The summed E-state index contributed by atoms with van der Waals surface area (Å²) >= 11 is 0. The Labute approximate surface area is 123 Å². The smallest absolute Gasteiger partial charge is 0.325 e. The molecular formula is C16H19FN2O2. The molecule has 2 rings (SSSR count). The predicted molar refractivity (Wildman–Crippen MR) is 80.8 cm³/mol. The average molecular weight is 290 g/mol. The maximum Gasteiger partial charge on any atom is 0.325 e. The fourth-order valence-electron chi connectivity index (χ4n) is 2.13. The lowest BCUT2D eigenvalue weighted by molar-refractivity contribution is -0.138. The Morgan fingerprint density at radius 1 is 1.38 bits per heavy atom. The van der Waals surface area contributed by atoms with Crippen molar-refractivity contribution in [1.82, 2.24) is 4.98 Å². The molecule has 21 heavy (non-hydrogen) atoms. The number of ether oxygens (including phenoxy) is 1. The van der Waals surface area contributed by atoms with Crippen molar-refractivity contribution in [2.75, 3.05) is 19.0 Å². The number of pyridine rings is 1. The molecule has 0 aliphatic carbocycles. The molecule has 1 aromatic carbocycles. The molecule has 0 fully saturated rings. The van der Waals surface area contributed by atoms with Crippen molar-refractivity contribution in [3.05, 3.63) is 35.8 Å². The summed E-state index contributed by atoms with van der Waals surface area (Å²) in [6.07, 6.45) is 2.91. The van der Waals surface area contributed by atoms with Gasteiger partial charge < -0.3 is 10.1 Å². The molecule has 0 radical (unpaired) electrons. The van der Waals surface area contributed by atoms with Gasteiger partial charge in [-0.15, -0.1) is 0 Å². The first kappa shape index (κ1) is 15.2. The molecule has 0 bridgehead atoms. The van der Waals surface area contributed by atoms with Gasteiger partial charge in [-0.25, -0.2) is 9.37 Å². The van der Waals surface area contributed by atoms with E-state index < -0.39 is 0 Å². The van der Waals surface area contributed by atoms with Crippen LogP contribution >= 0.6 is 0 Å². The lowest BCUT2D eigenvalue weighted by Gasteiger charge is -2.11. The molecule has 0 aliphatic rings. The van der Waals surface area contributed by atoms with E-state index in [-0.39, 0.29) is 18.3 Å². The third kappa shape index (κ3) is 3.90. The lowest BCUT2D eigenvalue weighted by Crippen LogP contribution is -2.16. The first-order valence-corrected chi connectivity index (χ1v) is 7.04. The Hall–Kier alpha value is -2.17. The van der Waals surface area contributed by atoms with E-state index in [1.165, 1.54) is 19.2 Å². The van der Waals surface area contributed by atoms with Gasteiger partial charge in [-0.3, -0.25) is 4.79 Å². The molecule has 112 valence electrons. The summed E-state index contributed by atoms with van der Waals surface area (Å²) in [7, 11) is 1.34. The summed E-state index contributed by atoms with van der Waals surface area (Å²) in [5.41, 5.74) is 0.891. The number of nitrogens with zero attached hydrogens (tertiary/aromatic N) is 1. The van der Waals surface area contributed by atoms with Crippen LogP contribution in [0.1, 0.15) is 25.5 Å². The SMILES string of the molecule is CCCCc1cc2cc(F)ccc2c(NCC(=O)OC)n1. The molecule has 0 unspecified atom stereocenters. The van der Waals surface area contributed by atoms with Gasteiger partial charge in [0.05, 0.1) is 7.11 Å². The van der Waals surface area contributed by atoms with Crippen LogP contribution in [0.5, 0.6) is 0 Å². The molecule has 4 nitrogen and oxygen atoms in total. The Morgan fingerprint density at radius 2 is 2.19 bits per heavy atom. The minimum Gasteiger partial charge on any atom is -0.468 e.